The zero-order valence-electron chi connectivity index (χ0n) is 10.8. The van der Waals surface area contributed by atoms with Crippen LogP contribution in [0, 0.1) is 5.82 Å². The molecule has 0 saturated carbocycles. The largest absolute Gasteiger partial charge is 0.464 e. The Morgan fingerprint density at radius 2 is 2.14 bits per heavy atom. The number of hydrogen-bond acceptors (Lipinski definition) is 7. The Hall–Kier alpha value is -2.61. The third-order valence-corrected chi connectivity index (χ3v) is 3.58. The van der Waals surface area contributed by atoms with Crippen LogP contribution in [0.5, 0.6) is 0 Å². The molecule has 2 heterocycles. The lowest BCUT2D eigenvalue weighted by Crippen LogP contribution is -2.06. The molecule has 6 nitrogen and oxygen atoms in total. The lowest BCUT2D eigenvalue weighted by Gasteiger charge is -2.01. The molecule has 1 aromatic carbocycles. The van der Waals surface area contributed by atoms with Gasteiger partial charge in [0.25, 0.3) is 0 Å². The molecule has 0 bridgehead atoms. The molecule has 3 aromatic rings. The van der Waals surface area contributed by atoms with Crippen LogP contribution in [0.15, 0.2) is 30.3 Å². The summed E-state index contributed by atoms with van der Waals surface area (Å²) in [5.74, 6) is -0.424. The number of fused-ring (bicyclic) bond motifs is 1. The van der Waals surface area contributed by atoms with Gasteiger partial charge >= 0.3 is 5.97 Å². The molecule has 0 aliphatic rings. The summed E-state index contributed by atoms with van der Waals surface area (Å²) in [6, 6.07) is 7.47. The average molecular weight is 304 g/mol. The van der Waals surface area contributed by atoms with Gasteiger partial charge in [0, 0.05) is 0 Å². The summed E-state index contributed by atoms with van der Waals surface area (Å²) in [6.45, 7) is 0. The van der Waals surface area contributed by atoms with Gasteiger partial charge in [0.15, 0.2) is 16.6 Å². The van der Waals surface area contributed by atoms with E-state index in [0.29, 0.717) is 16.5 Å². The zero-order valence-corrected chi connectivity index (χ0v) is 11.6. The minimum atomic E-state index is -0.551. The molecule has 0 spiro atoms. The molecule has 21 heavy (non-hydrogen) atoms. The fourth-order valence-corrected chi connectivity index (χ4v) is 2.57. The number of carbonyl (C=O) groups is 1. The first-order chi connectivity index (χ1) is 10.2. The Morgan fingerprint density at radius 1 is 1.29 bits per heavy atom. The molecule has 0 radical (unpaired) electrons. The van der Waals surface area contributed by atoms with Gasteiger partial charge in [-0.25, -0.2) is 14.2 Å². The monoisotopic (exact) mass is 304 g/mol. The Kier molecular flexibility index (Phi) is 3.44. The number of hydrogen-bond donors (Lipinski definition) is 1. The second-order valence-corrected chi connectivity index (χ2v) is 5.08. The van der Waals surface area contributed by atoms with Gasteiger partial charge in [-0.15, -0.1) is 10.2 Å². The van der Waals surface area contributed by atoms with Crippen LogP contribution in [0.3, 0.4) is 0 Å². The summed E-state index contributed by atoms with van der Waals surface area (Å²) in [7, 11) is 1.27. The quantitative estimate of drug-likeness (QED) is 0.750. The standard InChI is InChI=1S/C13H9FN4O2S/c1-20-12(19)9-4-5-11(18-17-9)16-13-15-8-3-2-7(14)6-10(8)21-13/h2-6H,1H3,(H,15,16,18). The zero-order chi connectivity index (χ0) is 14.8. The maximum atomic E-state index is 13.1. The fraction of sp³-hybridized carbons (Fsp3) is 0.0769. The number of anilines is 2. The van der Waals surface area contributed by atoms with E-state index in [0.717, 1.165) is 4.70 Å². The number of benzene rings is 1. The number of thiazole rings is 1. The van der Waals surface area contributed by atoms with E-state index in [-0.39, 0.29) is 11.5 Å². The molecule has 3 rings (SSSR count). The van der Waals surface area contributed by atoms with Crippen molar-refractivity contribution in [3.8, 4) is 0 Å². The van der Waals surface area contributed by atoms with Gasteiger partial charge in [0.1, 0.15) is 5.82 Å². The van der Waals surface area contributed by atoms with Crippen LogP contribution in [-0.4, -0.2) is 28.3 Å². The molecule has 2 aromatic heterocycles. The van der Waals surface area contributed by atoms with Crippen LogP contribution >= 0.6 is 11.3 Å². The maximum absolute atomic E-state index is 13.1. The van der Waals surface area contributed by atoms with E-state index in [1.54, 1.807) is 12.1 Å². The van der Waals surface area contributed by atoms with E-state index >= 15 is 0 Å². The molecule has 0 unspecified atom stereocenters. The smallest absolute Gasteiger partial charge is 0.358 e. The highest BCUT2D eigenvalue weighted by Gasteiger charge is 2.09. The second kappa shape index (κ2) is 5.41. The van der Waals surface area contributed by atoms with Crippen molar-refractivity contribution >= 4 is 38.5 Å². The third kappa shape index (κ3) is 2.79. The Bertz CT molecular complexity index is 804. The fourth-order valence-electron chi connectivity index (χ4n) is 1.67. The van der Waals surface area contributed by atoms with E-state index in [2.05, 4.69) is 25.2 Å². The van der Waals surface area contributed by atoms with E-state index < -0.39 is 5.97 Å². The minimum Gasteiger partial charge on any atom is -0.464 e. The van der Waals surface area contributed by atoms with Gasteiger partial charge in [0.2, 0.25) is 0 Å². The van der Waals surface area contributed by atoms with Crippen LogP contribution in [0.1, 0.15) is 10.5 Å². The molecular weight excluding hydrogens is 295 g/mol. The number of nitrogens with zero attached hydrogens (tertiary/aromatic N) is 3. The van der Waals surface area contributed by atoms with Crippen LogP contribution in [-0.2, 0) is 4.74 Å². The van der Waals surface area contributed by atoms with Gasteiger partial charge in [0.05, 0.1) is 17.3 Å². The highest BCUT2D eigenvalue weighted by Crippen LogP contribution is 2.28. The first kappa shape index (κ1) is 13.4. The molecule has 0 saturated heterocycles. The number of carbonyl (C=O) groups excluding carboxylic acids is 1. The molecule has 0 aliphatic heterocycles. The van der Waals surface area contributed by atoms with Crippen molar-refractivity contribution in [2.75, 3.05) is 12.4 Å². The number of methoxy groups -OCH3 is 1. The minimum absolute atomic E-state index is 0.120. The molecule has 0 aliphatic carbocycles. The number of rotatable bonds is 3. The molecule has 8 heteroatoms. The molecule has 1 N–H and O–H groups in total. The van der Waals surface area contributed by atoms with Gasteiger partial charge in [-0.1, -0.05) is 11.3 Å². The van der Waals surface area contributed by atoms with Crippen molar-refractivity contribution in [3.05, 3.63) is 41.8 Å². The number of aromatic nitrogens is 3. The van der Waals surface area contributed by atoms with Gasteiger partial charge < -0.3 is 10.1 Å². The van der Waals surface area contributed by atoms with E-state index in [1.165, 1.54) is 36.6 Å². The summed E-state index contributed by atoms with van der Waals surface area (Å²) in [6.07, 6.45) is 0. The SMILES string of the molecule is COC(=O)c1ccc(Nc2nc3ccc(F)cc3s2)nn1. The molecular formula is C13H9FN4O2S. The maximum Gasteiger partial charge on any atom is 0.358 e. The molecule has 106 valence electrons. The van der Waals surface area contributed by atoms with Crippen molar-refractivity contribution in [3.63, 3.8) is 0 Å². The first-order valence-electron chi connectivity index (χ1n) is 5.91. The van der Waals surface area contributed by atoms with Crippen molar-refractivity contribution in [2.45, 2.75) is 0 Å². The van der Waals surface area contributed by atoms with Gasteiger partial charge in [-0.3, -0.25) is 0 Å². The molecule has 0 amide bonds. The second-order valence-electron chi connectivity index (χ2n) is 4.05. The third-order valence-electron chi connectivity index (χ3n) is 2.64. The Morgan fingerprint density at radius 3 is 2.86 bits per heavy atom. The summed E-state index contributed by atoms with van der Waals surface area (Å²) < 4.78 is 18.4. The summed E-state index contributed by atoms with van der Waals surface area (Å²) in [5, 5.41) is 11.1. The number of ether oxygens (including phenoxy) is 1. The summed E-state index contributed by atoms with van der Waals surface area (Å²) in [5.41, 5.74) is 0.817. The van der Waals surface area contributed by atoms with Gasteiger partial charge in [-0.05, 0) is 30.3 Å². The van der Waals surface area contributed by atoms with Crippen molar-refractivity contribution in [1.82, 2.24) is 15.2 Å². The number of esters is 1. The van der Waals surface area contributed by atoms with Crippen LogP contribution in [0.4, 0.5) is 15.3 Å². The van der Waals surface area contributed by atoms with E-state index in [9.17, 15) is 9.18 Å². The van der Waals surface area contributed by atoms with E-state index in [1.807, 2.05) is 0 Å². The predicted molar refractivity (Wildman–Crippen MR) is 76.2 cm³/mol. The molecule has 0 fully saturated rings. The highest BCUT2D eigenvalue weighted by atomic mass is 32.1. The summed E-state index contributed by atoms with van der Waals surface area (Å²) >= 11 is 1.30. The van der Waals surface area contributed by atoms with E-state index in [4.69, 9.17) is 0 Å². The highest BCUT2D eigenvalue weighted by molar-refractivity contribution is 7.22. The van der Waals surface area contributed by atoms with Crippen molar-refractivity contribution in [1.29, 1.82) is 0 Å². The molecule has 0 atom stereocenters. The first-order valence-corrected chi connectivity index (χ1v) is 6.72. The van der Waals surface area contributed by atoms with Crippen LogP contribution in [0.2, 0.25) is 0 Å². The van der Waals surface area contributed by atoms with Crippen molar-refractivity contribution in [2.24, 2.45) is 0 Å². The number of nitrogens with one attached hydrogen (secondary N) is 1. The lowest BCUT2D eigenvalue weighted by atomic mass is 10.3. The lowest BCUT2D eigenvalue weighted by molar-refractivity contribution is 0.0593. The van der Waals surface area contributed by atoms with Crippen molar-refractivity contribution < 1.29 is 13.9 Å². The predicted octanol–water partition coefficient (Wildman–Crippen LogP) is 2.76. The topological polar surface area (TPSA) is 77.0 Å². The summed E-state index contributed by atoms with van der Waals surface area (Å²) in [4.78, 5) is 15.5. The Balaban J connectivity index is 1.83. The number of halogens is 1. The van der Waals surface area contributed by atoms with Crippen LogP contribution < -0.4 is 5.32 Å². The normalized spacial score (nSPS) is 10.6. The Labute approximate surface area is 122 Å². The van der Waals surface area contributed by atoms with Crippen LogP contribution in [0.25, 0.3) is 10.2 Å². The van der Waals surface area contributed by atoms with Gasteiger partial charge in [-0.2, -0.15) is 0 Å². The average Bonchev–Trinajstić information content (AvgIpc) is 2.88.